The highest BCUT2D eigenvalue weighted by Crippen LogP contribution is 2.14. The van der Waals surface area contributed by atoms with E-state index in [2.05, 4.69) is 5.32 Å². The highest BCUT2D eigenvalue weighted by molar-refractivity contribution is 7.91. The van der Waals surface area contributed by atoms with E-state index in [0.29, 0.717) is 19.7 Å². The first kappa shape index (κ1) is 16.2. The molecule has 2 N–H and O–H groups in total. The molecule has 0 spiro atoms. The topological polar surface area (TPSA) is 113 Å². The zero-order valence-corrected chi connectivity index (χ0v) is 12.5. The van der Waals surface area contributed by atoms with Gasteiger partial charge in [-0.2, -0.15) is 0 Å². The second-order valence-corrected chi connectivity index (χ2v) is 7.61. The van der Waals surface area contributed by atoms with Crippen molar-refractivity contribution in [2.24, 2.45) is 0 Å². The molecule has 1 amide bonds. The summed E-state index contributed by atoms with van der Waals surface area (Å²) in [5, 5.41) is 11.9. The van der Waals surface area contributed by atoms with Gasteiger partial charge < -0.3 is 20.1 Å². The maximum absolute atomic E-state index is 12.3. The van der Waals surface area contributed by atoms with Crippen molar-refractivity contribution >= 4 is 21.7 Å². The van der Waals surface area contributed by atoms with Crippen LogP contribution in [0.3, 0.4) is 0 Å². The third-order valence-electron chi connectivity index (χ3n) is 3.68. The average Bonchev–Trinajstić information content (AvgIpc) is 2.37. The number of rotatable bonds is 4. The summed E-state index contributed by atoms with van der Waals surface area (Å²) in [6.07, 6.45) is -0.0997. The highest BCUT2D eigenvalue weighted by Gasteiger charge is 2.32. The third-order valence-corrected chi connectivity index (χ3v) is 5.42. The number of nitrogens with one attached hydrogen (secondary N) is 1. The number of carboxylic acids is 1. The lowest BCUT2D eigenvalue weighted by atomic mass is 10.1. The van der Waals surface area contributed by atoms with Crippen LogP contribution in [0, 0.1) is 0 Å². The summed E-state index contributed by atoms with van der Waals surface area (Å²) >= 11 is 0. The van der Waals surface area contributed by atoms with Gasteiger partial charge >= 0.3 is 5.97 Å². The van der Waals surface area contributed by atoms with Crippen molar-refractivity contribution in [2.45, 2.75) is 24.9 Å². The normalized spacial score (nSPS) is 29.0. The molecule has 2 aliphatic heterocycles. The van der Waals surface area contributed by atoms with Crippen LogP contribution in [0.15, 0.2) is 0 Å². The molecule has 120 valence electrons. The van der Waals surface area contributed by atoms with E-state index in [-0.39, 0.29) is 36.9 Å². The number of ether oxygens (including phenoxy) is 1. The molecule has 0 aromatic carbocycles. The van der Waals surface area contributed by atoms with Crippen LogP contribution in [0.25, 0.3) is 0 Å². The minimum Gasteiger partial charge on any atom is -0.481 e. The number of carbonyl (C=O) groups is 2. The summed E-state index contributed by atoms with van der Waals surface area (Å²) in [7, 11) is -3.09. The van der Waals surface area contributed by atoms with E-state index < -0.39 is 27.9 Å². The van der Waals surface area contributed by atoms with Crippen molar-refractivity contribution in [3.05, 3.63) is 0 Å². The van der Waals surface area contributed by atoms with E-state index in [1.165, 1.54) is 4.90 Å². The van der Waals surface area contributed by atoms with Crippen molar-refractivity contribution in [2.75, 3.05) is 37.8 Å². The first-order chi connectivity index (χ1) is 9.87. The Hall–Kier alpha value is -1.19. The molecule has 2 fully saturated rings. The monoisotopic (exact) mass is 320 g/mol. The standard InChI is InChI=1S/C12H20N2O6S/c15-11(5-9-8-21(18,19)4-1-13-9)14-2-3-20-7-10(14)6-12(16)17/h9-10,13H,1-8H2,(H,16,17). The Morgan fingerprint density at radius 2 is 2.10 bits per heavy atom. The molecule has 0 aromatic rings. The fourth-order valence-electron chi connectivity index (χ4n) is 2.68. The van der Waals surface area contributed by atoms with Crippen LogP contribution in [0.5, 0.6) is 0 Å². The van der Waals surface area contributed by atoms with Crippen LogP contribution >= 0.6 is 0 Å². The summed E-state index contributed by atoms with van der Waals surface area (Å²) in [6.45, 7) is 1.27. The van der Waals surface area contributed by atoms with Crippen LogP contribution in [0.2, 0.25) is 0 Å². The van der Waals surface area contributed by atoms with E-state index in [9.17, 15) is 18.0 Å². The van der Waals surface area contributed by atoms with Crippen molar-refractivity contribution in [1.29, 1.82) is 0 Å². The molecule has 2 unspecified atom stereocenters. The minimum absolute atomic E-state index is 0.0489. The number of carbonyl (C=O) groups excluding carboxylic acids is 1. The fourth-order valence-corrected chi connectivity index (χ4v) is 4.12. The summed E-state index contributed by atoms with van der Waals surface area (Å²) < 4.78 is 28.3. The molecular weight excluding hydrogens is 300 g/mol. The number of carboxylic acid groups (broad SMARTS) is 1. The van der Waals surface area contributed by atoms with Gasteiger partial charge in [-0.15, -0.1) is 0 Å². The largest absolute Gasteiger partial charge is 0.481 e. The van der Waals surface area contributed by atoms with Crippen LogP contribution in [-0.4, -0.2) is 80.2 Å². The zero-order chi connectivity index (χ0) is 15.5. The predicted molar refractivity (Wildman–Crippen MR) is 73.6 cm³/mol. The second-order valence-electron chi connectivity index (χ2n) is 5.38. The molecule has 0 aliphatic carbocycles. The number of hydrogen-bond donors (Lipinski definition) is 2. The van der Waals surface area contributed by atoms with Crippen molar-refractivity contribution < 1.29 is 27.9 Å². The summed E-state index contributed by atoms with van der Waals surface area (Å²) in [5.41, 5.74) is 0. The van der Waals surface area contributed by atoms with Gasteiger partial charge in [0.25, 0.3) is 0 Å². The lowest BCUT2D eigenvalue weighted by Gasteiger charge is -2.36. The first-order valence-electron chi connectivity index (χ1n) is 6.90. The van der Waals surface area contributed by atoms with Crippen molar-refractivity contribution in [3.63, 3.8) is 0 Å². The van der Waals surface area contributed by atoms with Gasteiger partial charge in [0.2, 0.25) is 5.91 Å². The third kappa shape index (κ3) is 4.65. The Morgan fingerprint density at radius 3 is 2.76 bits per heavy atom. The van der Waals surface area contributed by atoms with E-state index in [1.807, 2.05) is 0 Å². The molecular formula is C12H20N2O6S. The quantitative estimate of drug-likeness (QED) is 0.646. The van der Waals surface area contributed by atoms with E-state index in [0.717, 1.165) is 0 Å². The lowest BCUT2D eigenvalue weighted by Crippen LogP contribution is -2.53. The molecule has 2 saturated heterocycles. The molecule has 0 radical (unpaired) electrons. The Labute approximate surface area is 123 Å². The molecule has 2 rings (SSSR count). The lowest BCUT2D eigenvalue weighted by molar-refractivity contribution is -0.146. The second kappa shape index (κ2) is 6.71. The van der Waals surface area contributed by atoms with Gasteiger partial charge in [0, 0.05) is 25.6 Å². The van der Waals surface area contributed by atoms with Gasteiger partial charge in [-0.25, -0.2) is 8.42 Å². The molecule has 9 heteroatoms. The van der Waals surface area contributed by atoms with Gasteiger partial charge in [0.1, 0.15) is 0 Å². The number of amides is 1. The number of aliphatic carboxylic acids is 1. The van der Waals surface area contributed by atoms with E-state index >= 15 is 0 Å². The maximum atomic E-state index is 12.3. The first-order valence-corrected chi connectivity index (χ1v) is 8.72. The molecule has 2 aliphatic rings. The highest BCUT2D eigenvalue weighted by atomic mass is 32.2. The number of morpholine rings is 1. The van der Waals surface area contributed by atoms with Crippen LogP contribution in [-0.2, 0) is 24.2 Å². The maximum Gasteiger partial charge on any atom is 0.305 e. The average molecular weight is 320 g/mol. The Balaban J connectivity index is 1.95. The van der Waals surface area contributed by atoms with Crippen LogP contribution < -0.4 is 5.32 Å². The summed E-state index contributed by atoms with van der Waals surface area (Å²) in [6, 6.07) is -0.881. The van der Waals surface area contributed by atoms with Crippen molar-refractivity contribution in [3.8, 4) is 0 Å². The molecule has 2 heterocycles. The van der Waals surface area contributed by atoms with Gasteiger partial charge in [0.15, 0.2) is 9.84 Å². The summed E-state index contributed by atoms with van der Waals surface area (Å²) in [5.74, 6) is -1.16. The molecule has 8 nitrogen and oxygen atoms in total. The molecule has 0 bridgehead atoms. The zero-order valence-electron chi connectivity index (χ0n) is 11.7. The fraction of sp³-hybridized carbons (Fsp3) is 0.833. The molecule has 0 saturated carbocycles. The van der Waals surface area contributed by atoms with Crippen LogP contribution in [0.4, 0.5) is 0 Å². The Morgan fingerprint density at radius 1 is 1.33 bits per heavy atom. The van der Waals surface area contributed by atoms with Gasteiger partial charge in [-0.3, -0.25) is 9.59 Å². The smallest absolute Gasteiger partial charge is 0.305 e. The predicted octanol–water partition coefficient (Wildman–Crippen LogP) is -1.53. The van der Waals surface area contributed by atoms with Crippen LogP contribution in [0.1, 0.15) is 12.8 Å². The van der Waals surface area contributed by atoms with Gasteiger partial charge in [-0.05, 0) is 0 Å². The number of hydrogen-bond acceptors (Lipinski definition) is 6. The molecule has 0 aromatic heterocycles. The van der Waals surface area contributed by atoms with E-state index in [1.54, 1.807) is 0 Å². The number of sulfone groups is 1. The molecule has 2 atom stereocenters. The Kier molecular flexibility index (Phi) is 5.17. The minimum atomic E-state index is -3.09. The Bertz CT molecular complexity index is 506. The number of nitrogens with zero attached hydrogens (tertiary/aromatic N) is 1. The van der Waals surface area contributed by atoms with Gasteiger partial charge in [0.05, 0.1) is 37.2 Å². The summed E-state index contributed by atoms with van der Waals surface area (Å²) in [4.78, 5) is 24.6. The van der Waals surface area contributed by atoms with E-state index in [4.69, 9.17) is 9.84 Å². The van der Waals surface area contributed by atoms with Crippen molar-refractivity contribution in [1.82, 2.24) is 10.2 Å². The van der Waals surface area contributed by atoms with Gasteiger partial charge in [-0.1, -0.05) is 0 Å². The molecule has 21 heavy (non-hydrogen) atoms. The SMILES string of the molecule is O=C(O)CC1COCCN1C(=O)CC1CS(=O)(=O)CCN1.